The van der Waals surface area contributed by atoms with Crippen molar-refractivity contribution in [2.75, 3.05) is 32.1 Å². The summed E-state index contributed by atoms with van der Waals surface area (Å²) >= 11 is 0. The fraction of sp³-hybridized carbons (Fsp3) is 0.500. The first-order valence-electron chi connectivity index (χ1n) is 12.0. The molecule has 1 aliphatic carbocycles. The van der Waals surface area contributed by atoms with Crippen molar-refractivity contribution in [1.82, 2.24) is 14.8 Å². The molecule has 1 fully saturated rings. The molecule has 2 aromatic rings. The maximum Gasteiger partial charge on any atom is 0.258 e. The number of amides is 2. The van der Waals surface area contributed by atoms with Crippen LogP contribution in [0.25, 0.3) is 0 Å². The number of nitrogens with zero attached hydrogens (tertiary/aromatic N) is 3. The van der Waals surface area contributed by atoms with E-state index in [-0.39, 0.29) is 42.4 Å². The molecule has 2 amide bonds. The van der Waals surface area contributed by atoms with Gasteiger partial charge < -0.3 is 20.1 Å². The van der Waals surface area contributed by atoms with Crippen molar-refractivity contribution < 1.29 is 19.4 Å². The molecule has 2 heterocycles. The lowest BCUT2D eigenvalue weighted by molar-refractivity contribution is -0.117. The van der Waals surface area contributed by atoms with E-state index in [0.29, 0.717) is 30.1 Å². The van der Waals surface area contributed by atoms with Crippen LogP contribution >= 0.6 is 0 Å². The summed E-state index contributed by atoms with van der Waals surface area (Å²) in [4.78, 5) is 33.7. The number of likely N-dealkylation sites (N-methyl/N-ethyl adjacent to an activating group) is 1. The maximum atomic E-state index is 13.5. The number of carbonyl (C=O) groups is 2. The molecule has 2 N–H and O–H groups in total. The van der Waals surface area contributed by atoms with E-state index in [9.17, 15) is 14.7 Å². The number of carbonyl (C=O) groups excluding carboxylic acids is 2. The molecule has 0 unspecified atom stereocenters. The van der Waals surface area contributed by atoms with Crippen molar-refractivity contribution in [3.8, 4) is 5.75 Å². The second kappa shape index (κ2) is 10.5. The fourth-order valence-corrected chi connectivity index (χ4v) is 4.28. The average molecular weight is 467 g/mol. The number of fused-ring (bicyclic) bond motifs is 1. The average Bonchev–Trinajstić information content (AvgIpc) is 3.67. The Kier molecular flexibility index (Phi) is 7.48. The lowest BCUT2D eigenvalue weighted by atomic mass is 9.99. The van der Waals surface area contributed by atoms with Gasteiger partial charge in [0.15, 0.2) is 0 Å². The van der Waals surface area contributed by atoms with Crippen LogP contribution in [0.5, 0.6) is 5.75 Å². The predicted octanol–water partition coefficient (Wildman–Crippen LogP) is 2.78. The van der Waals surface area contributed by atoms with Gasteiger partial charge >= 0.3 is 0 Å². The number of nitrogens with one attached hydrogen (secondary N) is 1. The predicted molar refractivity (Wildman–Crippen MR) is 130 cm³/mol. The minimum Gasteiger partial charge on any atom is -0.488 e. The van der Waals surface area contributed by atoms with Crippen molar-refractivity contribution in [2.45, 2.75) is 45.4 Å². The highest BCUT2D eigenvalue weighted by atomic mass is 16.5. The lowest BCUT2D eigenvalue weighted by Crippen LogP contribution is -2.49. The molecule has 4 rings (SSSR count). The molecule has 34 heavy (non-hydrogen) atoms. The van der Waals surface area contributed by atoms with E-state index < -0.39 is 0 Å². The molecule has 0 saturated heterocycles. The molecule has 0 spiro atoms. The molecule has 1 aromatic heterocycles. The van der Waals surface area contributed by atoms with Gasteiger partial charge in [0.05, 0.1) is 18.2 Å². The minimum absolute atomic E-state index is 0.0102. The summed E-state index contributed by atoms with van der Waals surface area (Å²) in [5.74, 6) is 0.401. The van der Waals surface area contributed by atoms with Gasteiger partial charge in [-0.25, -0.2) is 0 Å². The van der Waals surface area contributed by atoms with Crippen LogP contribution in [0.2, 0.25) is 0 Å². The van der Waals surface area contributed by atoms with Gasteiger partial charge in [-0.1, -0.05) is 6.92 Å². The molecule has 0 radical (unpaired) electrons. The van der Waals surface area contributed by atoms with Gasteiger partial charge in [-0.15, -0.1) is 0 Å². The highest BCUT2D eigenvalue weighted by Gasteiger charge is 2.34. The summed E-state index contributed by atoms with van der Waals surface area (Å²) in [7, 11) is 2.05. The number of benzene rings is 1. The van der Waals surface area contributed by atoms with Crippen LogP contribution in [-0.2, 0) is 11.3 Å². The molecule has 8 heteroatoms. The van der Waals surface area contributed by atoms with Crippen molar-refractivity contribution >= 4 is 17.5 Å². The van der Waals surface area contributed by atoms with Crippen molar-refractivity contribution in [2.24, 2.45) is 11.8 Å². The molecular weight excluding hydrogens is 432 g/mol. The third-order valence-electron chi connectivity index (χ3n) is 6.57. The lowest BCUT2D eigenvalue weighted by Gasteiger charge is -2.38. The first-order chi connectivity index (χ1) is 16.4. The molecule has 1 saturated carbocycles. The van der Waals surface area contributed by atoms with E-state index >= 15 is 0 Å². The number of aliphatic hydroxyl groups is 1. The Hall–Kier alpha value is -2.97. The Balaban J connectivity index is 1.58. The minimum atomic E-state index is -0.333. The Morgan fingerprint density at radius 2 is 2.03 bits per heavy atom. The van der Waals surface area contributed by atoms with E-state index in [1.54, 1.807) is 35.5 Å². The molecule has 182 valence electrons. The van der Waals surface area contributed by atoms with Crippen LogP contribution in [0, 0.1) is 11.8 Å². The Bertz CT molecular complexity index is 1010. The standard InChI is InChI=1S/C26H34N4O4/c1-17-13-30(18(2)16-31)26(33)22-12-21(28-25(32)20-4-5-20)6-7-23(22)34-24(17)15-29(3)14-19-8-10-27-11-9-19/h6-12,17-18,20,24,31H,4-5,13-16H2,1-3H3,(H,28,32)/t17-,18-,24+/m1/s1. The van der Waals surface area contributed by atoms with Crippen LogP contribution < -0.4 is 10.1 Å². The number of pyridine rings is 1. The van der Waals surface area contributed by atoms with Gasteiger partial charge in [-0.3, -0.25) is 19.5 Å². The van der Waals surface area contributed by atoms with Crippen LogP contribution in [0.4, 0.5) is 5.69 Å². The second-order valence-electron chi connectivity index (χ2n) is 9.65. The highest BCUT2D eigenvalue weighted by molar-refractivity contribution is 6.00. The molecule has 8 nitrogen and oxygen atoms in total. The quantitative estimate of drug-likeness (QED) is 0.621. The zero-order valence-electron chi connectivity index (χ0n) is 20.1. The number of aliphatic hydroxyl groups excluding tert-OH is 1. The van der Waals surface area contributed by atoms with E-state index in [2.05, 4.69) is 22.1 Å². The van der Waals surface area contributed by atoms with Crippen LogP contribution in [0.3, 0.4) is 0 Å². The summed E-state index contributed by atoms with van der Waals surface area (Å²) < 4.78 is 6.43. The first-order valence-corrected chi connectivity index (χ1v) is 12.0. The van der Waals surface area contributed by atoms with Gasteiger partial charge in [0.1, 0.15) is 11.9 Å². The van der Waals surface area contributed by atoms with E-state index in [1.807, 2.05) is 26.1 Å². The fourth-order valence-electron chi connectivity index (χ4n) is 4.28. The van der Waals surface area contributed by atoms with Crippen molar-refractivity contribution in [3.63, 3.8) is 0 Å². The number of hydrogen-bond donors (Lipinski definition) is 2. The first kappa shape index (κ1) is 24.2. The SMILES string of the molecule is C[C@@H]1CN([C@H](C)CO)C(=O)c2cc(NC(=O)C3CC3)ccc2O[C@H]1CN(C)Cc1ccncc1. The van der Waals surface area contributed by atoms with E-state index in [1.165, 1.54) is 0 Å². The number of ether oxygens (including phenoxy) is 1. The van der Waals surface area contributed by atoms with Gasteiger partial charge in [0.25, 0.3) is 5.91 Å². The van der Waals surface area contributed by atoms with Gasteiger partial charge in [0, 0.05) is 49.6 Å². The number of hydrogen-bond acceptors (Lipinski definition) is 6. The van der Waals surface area contributed by atoms with Crippen LogP contribution in [0.15, 0.2) is 42.7 Å². The zero-order valence-corrected chi connectivity index (χ0v) is 20.1. The number of rotatable bonds is 8. The monoisotopic (exact) mass is 466 g/mol. The molecule has 0 bridgehead atoms. The zero-order chi connectivity index (χ0) is 24.2. The van der Waals surface area contributed by atoms with Crippen molar-refractivity contribution in [1.29, 1.82) is 0 Å². The Morgan fingerprint density at radius 1 is 1.29 bits per heavy atom. The van der Waals surface area contributed by atoms with Gasteiger partial charge in [-0.2, -0.15) is 0 Å². The molecular formula is C26H34N4O4. The van der Waals surface area contributed by atoms with Crippen LogP contribution in [0.1, 0.15) is 42.6 Å². The third-order valence-corrected chi connectivity index (χ3v) is 6.57. The van der Waals surface area contributed by atoms with Gasteiger partial charge in [0.2, 0.25) is 5.91 Å². The summed E-state index contributed by atoms with van der Waals surface area (Å²) in [6.45, 7) is 5.68. The molecule has 1 aliphatic heterocycles. The molecule has 3 atom stereocenters. The summed E-state index contributed by atoms with van der Waals surface area (Å²) in [5.41, 5.74) is 2.16. The largest absolute Gasteiger partial charge is 0.488 e. The Morgan fingerprint density at radius 3 is 2.71 bits per heavy atom. The van der Waals surface area contributed by atoms with Crippen molar-refractivity contribution in [3.05, 3.63) is 53.9 Å². The van der Waals surface area contributed by atoms with Gasteiger partial charge in [-0.05, 0) is 62.7 Å². The second-order valence-corrected chi connectivity index (χ2v) is 9.65. The maximum absolute atomic E-state index is 13.5. The smallest absolute Gasteiger partial charge is 0.258 e. The normalized spacial score (nSPS) is 21.3. The summed E-state index contributed by atoms with van der Waals surface area (Å²) in [6.07, 6.45) is 5.22. The highest BCUT2D eigenvalue weighted by Crippen LogP contribution is 2.33. The summed E-state index contributed by atoms with van der Waals surface area (Å²) in [5, 5.41) is 12.7. The van der Waals surface area contributed by atoms with Crippen LogP contribution in [-0.4, -0.2) is 70.6 Å². The Labute approximate surface area is 200 Å². The summed E-state index contributed by atoms with van der Waals surface area (Å²) in [6, 6.07) is 8.91. The third kappa shape index (κ3) is 5.74. The molecule has 2 aliphatic rings. The number of aromatic nitrogens is 1. The van der Waals surface area contributed by atoms with E-state index in [4.69, 9.17) is 4.74 Å². The topological polar surface area (TPSA) is 95.0 Å². The van der Waals surface area contributed by atoms with E-state index in [0.717, 1.165) is 24.9 Å². The number of anilines is 1. The molecule has 1 aromatic carbocycles.